The van der Waals surface area contributed by atoms with Gasteiger partial charge in [0.1, 0.15) is 17.4 Å². The lowest BCUT2D eigenvalue weighted by Crippen LogP contribution is -2.45. The summed E-state index contributed by atoms with van der Waals surface area (Å²) in [5.41, 5.74) is 1.70. The lowest BCUT2D eigenvalue weighted by atomic mass is 10.2. The molecule has 2 aromatic rings. The van der Waals surface area contributed by atoms with Gasteiger partial charge < -0.3 is 19.4 Å². The zero-order valence-electron chi connectivity index (χ0n) is 14.8. The molecule has 0 aliphatic carbocycles. The highest BCUT2D eigenvalue weighted by atomic mass is 16.5. The van der Waals surface area contributed by atoms with Crippen molar-refractivity contribution < 1.29 is 13.9 Å². The molecule has 6 nitrogen and oxygen atoms in total. The molecule has 3 rings (SSSR count). The van der Waals surface area contributed by atoms with Crippen molar-refractivity contribution >= 4 is 23.4 Å². The van der Waals surface area contributed by atoms with Crippen LogP contribution < -0.4 is 10.2 Å². The van der Waals surface area contributed by atoms with Crippen molar-refractivity contribution in [3.63, 3.8) is 0 Å². The molecule has 1 amide bonds. The van der Waals surface area contributed by atoms with Crippen LogP contribution in [0.15, 0.2) is 52.7 Å². The number of nitrogens with zero attached hydrogens (tertiary/aromatic N) is 2. The molecule has 134 valence electrons. The highest BCUT2D eigenvalue weighted by molar-refractivity contribution is 6.09. The maximum atomic E-state index is 12.3. The number of carbonyl (C=O) groups excluding carboxylic acids is 1. The van der Waals surface area contributed by atoms with Crippen LogP contribution in [0.2, 0.25) is 0 Å². The van der Waals surface area contributed by atoms with Gasteiger partial charge in [0.25, 0.3) is 5.91 Å². The third-order valence-corrected chi connectivity index (χ3v) is 4.10. The van der Waals surface area contributed by atoms with Gasteiger partial charge in [0, 0.05) is 30.5 Å². The van der Waals surface area contributed by atoms with E-state index in [-0.39, 0.29) is 17.8 Å². The number of rotatable bonds is 4. The minimum atomic E-state index is -0.467. The fourth-order valence-corrected chi connectivity index (χ4v) is 3.01. The largest absolute Gasteiger partial charge is 0.465 e. The number of nitrogens with one attached hydrogen (secondary N) is 1. The molecule has 0 bridgehead atoms. The molecule has 6 heteroatoms. The van der Waals surface area contributed by atoms with Crippen LogP contribution in [0.1, 0.15) is 19.6 Å². The van der Waals surface area contributed by atoms with Crippen molar-refractivity contribution in [3.8, 4) is 6.07 Å². The van der Waals surface area contributed by atoms with Gasteiger partial charge in [-0.2, -0.15) is 5.26 Å². The third-order valence-electron chi connectivity index (χ3n) is 4.10. The minimum Gasteiger partial charge on any atom is -0.465 e. The molecule has 1 N–H and O–H groups in total. The van der Waals surface area contributed by atoms with E-state index in [0.717, 1.165) is 18.8 Å². The molecule has 0 saturated carbocycles. The quantitative estimate of drug-likeness (QED) is 0.674. The van der Waals surface area contributed by atoms with Crippen molar-refractivity contribution in [2.24, 2.45) is 0 Å². The summed E-state index contributed by atoms with van der Waals surface area (Å²) in [4.78, 5) is 14.5. The average molecular weight is 351 g/mol. The van der Waals surface area contributed by atoms with Gasteiger partial charge in [-0.15, -0.1) is 0 Å². The van der Waals surface area contributed by atoms with Crippen LogP contribution >= 0.6 is 0 Å². The van der Waals surface area contributed by atoms with E-state index in [1.165, 1.54) is 12.3 Å². The third kappa shape index (κ3) is 4.32. The van der Waals surface area contributed by atoms with E-state index < -0.39 is 5.91 Å². The molecular formula is C20H21N3O3. The van der Waals surface area contributed by atoms with Gasteiger partial charge in [-0.1, -0.05) is 0 Å². The number of benzene rings is 1. The van der Waals surface area contributed by atoms with Gasteiger partial charge in [0.05, 0.1) is 18.5 Å². The Hall–Kier alpha value is -3.04. The van der Waals surface area contributed by atoms with E-state index in [1.54, 1.807) is 12.1 Å². The second-order valence-electron chi connectivity index (χ2n) is 6.35. The van der Waals surface area contributed by atoms with Gasteiger partial charge in [-0.25, -0.2) is 0 Å². The molecule has 0 radical (unpaired) electrons. The van der Waals surface area contributed by atoms with Crippen LogP contribution in [0.25, 0.3) is 6.08 Å². The first-order valence-electron chi connectivity index (χ1n) is 8.52. The van der Waals surface area contributed by atoms with Gasteiger partial charge in [0.15, 0.2) is 0 Å². The molecule has 1 aromatic heterocycles. The molecule has 1 aromatic carbocycles. The number of furan rings is 1. The first kappa shape index (κ1) is 17.8. The number of anilines is 2. The van der Waals surface area contributed by atoms with E-state index >= 15 is 0 Å². The summed E-state index contributed by atoms with van der Waals surface area (Å²) in [6, 6.07) is 12.9. The fourth-order valence-electron chi connectivity index (χ4n) is 3.01. The van der Waals surface area contributed by atoms with E-state index in [4.69, 9.17) is 9.15 Å². The normalized spacial score (nSPS) is 20.5. The topological polar surface area (TPSA) is 78.5 Å². The standard InChI is InChI=1S/C20H21N3O3/c1-14-12-23(13-15(2)26-14)18-7-5-17(6-8-18)22-20(24)16(11-21)10-19-4-3-9-25-19/h3-10,14-15H,12-13H2,1-2H3,(H,22,24). The van der Waals surface area contributed by atoms with Crippen LogP contribution in [0.5, 0.6) is 0 Å². The molecule has 26 heavy (non-hydrogen) atoms. The SMILES string of the molecule is CC1CN(c2ccc(NC(=O)C(C#N)=Cc3ccco3)cc2)CC(C)O1. The molecule has 1 fully saturated rings. The molecule has 1 aliphatic rings. The predicted molar refractivity (Wildman–Crippen MR) is 99.6 cm³/mol. The molecule has 1 saturated heterocycles. The van der Waals surface area contributed by atoms with Crippen molar-refractivity contribution in [1.29, 1.82) is 5.26 Å². The van der Waals surface area contributed by atoms with E-state index in [1.807, 2.05) is 30.3 Å². The second kappa shape index (κ2) is 7.89. The summed E-state index contributed by atoms with van der Waals surface area (Å²) in [6.45, 7) is 5.79. The molecule has 1 aliphatic heterocycles. The summed E-state index contributed by atoms with van der Waals surface area (Å²) in [5, 5.41) is 11.9. The van der Waals surface area contributed by atoms with Crippen LogP contribution in [-0.2, 0) is 9.53 Å². The van der Waals surface area contributed by atoms with Crippen molar-refractivity contribution in [1.82, 2.24) is 0 Å². The highest BCUT2D eigenvalue weighted by Crippen LogP contribution is 2.22. The lowest BCUT2D eigenvalue weighted by molar-refractivity contribution is -0.112. The number of carbonyl (C=O) groups is 1. The van der Waals surface area contributed by atoms with E-state index in [2.05, 4.69) is 24.1 Å². The van der Waals surface area contributed by atoms with Crippen LogP contribution in [0.3, 0.4) is 0 Å². The number of morpholine rings is 1. The molecule has 2 heterocycles. The Morgan fingerprint density at radius 2 is 1.92 bits per heavy atom. The number of nitriles is 1. The fraction of sp³-hybridized carbons (Fsp3) is 0.300. The van der Waals surface area contributed by atoms with Crippen LogP contribution in [0, 0.1) is 11.3 Å². The number of hydrogen-bond donors (Lipinski definition) is 1. The first-order chi connectivity index (χ1) is 12.5. The second-order valence-corrected chi connectivity index (χ2v) is 6.35. The Labute approximate surface area is 152 Å². The number of hydrogen-bond acceptors (Lipinski definition) is 5. The van der Waals surface area contributed by atoms with Gasteiger partial charge in [-0.05, 0) is 50.2 Å². The lowest BCUT2D eigenvalue weighted by Gasteiger charge is -2.36. The Morgan fingerprint density at radius 3 is 2.50 bits per heavy atom. The van der Waals surface area contributed by atoms with Gasteiger partial charge in [0.2, 0.25) is 0 Å². The predicted octanol–water partition coefficient (Wildman–Crippen LogP) is 3.44. The maximum Gasteiger partial charge on any atom is 0.266 e. The molecule has 0 spiro atoms. The minimum absolute atomic E-state index is 0.0140. The van der Waals surface area contributed by atoms with E-state index in [0.29, 0.717) is 11.4 Å². The highest BCUT2D eigenvalue weighted by Gasteiger charge is 2.22. The summed E-state index contributed by atoms with van der Waals surface area (Å²) in [7, 11) is 0. The zero-order valence-corrected chi connectivity index (χ0v) is 14.8. The Morgan fingerprint density at radius 1 is 1.23 bits per heavy atom. The maximum absolute atomic E-state index is 12.3. The summed E-state index contributed by atoms with van der Waals surface area (Å²) >= 11 is 0. The van der Waals surface area contributed by atoms with Crippen molar-refractivity contribution in [2.75, 3.05) is 23.3 Å². The number of ether oxygens (including phenoxy) is 1. The Balaban J connectivity index is 1.67. The average Bonchev–Trinajstić information content (AvgIpc) is 3.12. The summed E-state index contributed by atoms with van der Waals surface area (Å²) < 4.78 is 10.9. The number of amides is 1. The Kier molecular flexibility index (Phi) is 5.40. The van der Waals surface area contributed by atoms with Crippen LogP contribution in [0.4, 0.5) is 11.4 Å². The van der Waals surface area contributed by atoms with Gasteiger partial charge in [-0.3, -0.25) is 4.79 Å². The Bertz CT molecular complexity index is 809. The van der Waals surface area contributed by atoms with Crippen molar-refractivity contribution in [2.45, 2.75) is 26.1 Å². The zero-order chi connectivity index (χ0) is 18.5. The molecule has 2 atom stereocenters. The van der Waals surface area contributed by atoms with Crippen molar-refractivity contribution in [3.05, 3.63) is 54.0 Å². The summed E-state index contributed by atoms with van der Waals surface area (Å²) in [5.74, 6) is -0.00660. The molecular weight excluding hydrogens is 330 g/mol. The summed E-state index contributed by atoms with van der Waals surface area (Å²) in [6.07, 6.45) is 3.27. The van der Waals surface area contributed by atoms with E-state index in [9.17, 15) is 10.1 Å². The first-order valence-corrected chi connectivity index (χ1v) is 8.52. The monoisotopic (exact) mass is 351 g/mol. The van der Waals surface area contributed by atoms with Gasteiger partial charge >= 0.3 is 0 Å². The van der Waals surface area contributed by atoms with Crippen LogP contribution in [-0.4, -0.2) is 31.2 Å². The smallest absolute Gasteiger partial charge is 0.266 e. The molecule has 2 unspecified atom stereocenters.